The van der Waals surface area contributed by atoms with Crippen molar-refractivity contribution in [2.75, 3.05) is 22.9 Å². The largest absolute Gasteiger partial charge is 0.345 e. The number of nitrogens with two attached hydrogens (primary N) is 1. The quantitative estimate of drug-likeness (QED) is 0.293. The number of rotatable bonds is 6. The van der Waals surface area contributed by atoms with Crippen LogP contribution in [-0.4, -0.2) is 55.0 Å². The van der Waals surface area contributed by atoms with E-state index in [9.17, 15) is 25.9 Å². The summed E-state index contributed by atoms with van der Waals surface area (Å²) in [5.74, 6) is 6.60. The van der Waals surface area contributed by atoms with E-state index in [2.05, 4.69) is 0 Å². The van der Waals surface area contributed by atoms with Crippen LogP contribution in [0.1, 0.15) is 13.8 Å². The Morgan fingerprint density at radius 2 is 1.22 bits per heavy atom. The number of nitrogens with zero attached hydrogens (tertiary/aromatic N) is 3. The number of fused-ring (bicyclic) bond motifs is 2. The Labute approximate surface area is 195 Å². The standard InChI is InChI=1S/C18H22N4O6S4/c1-3-20-13-7-5-11(31(23,24)25)9-15(13)29-17(20)22(19)18-21(4-2)14-8-6-12(32(26,27)28)10-16(14)30-18/h5-10,17-18H,3-4,19H2,1-2H3,(H,23,24,25)(H,26,27,28). The normalized spacial score (nSPS) is 20.7. The highest BCUT2D eigenvalue weighted by Crippen LogP contribution is 2.50. The van der Waals surface area contributed by atoms with E-state index >= 15 is 0 Å². The van der Waals surface area contributed by atoms with Crippen LogP contribution in [0.25, 0.3) is 0 Å². The predicted molar refractivity (Wildman–Crippen MR) is 124 cm³/mol. The van der Waals surface area contributed by atoms with Gasteiger partial charge in [0.05, 0.1) is 21.2 Å². The first-order valence-corrected chi connectivity index (χ1v) is 14.2. The Bertz CT molecular complexity index is 1170. The van der Waals surface area contributed by atoms with Crippen molar-refractivity contribution in [2.45, 2.75) is 44.4 Å². The average molecular weight is 519 g/mol. The van der Waals surface area contributed by atoms with E-state index in [4.69, 9.17) is 5.84 Å². The predicted octanol–water partition coefficient (Wildman–Crippen LogP) is 2.49. The lowest BCUT2D eigenvalue weighted by Crippen LogP contribution is -2.56. The zero-order valence-corrected chi connectivity index (χ0v) is 20.4. The maximum Gasteiger partial charge on any atom is 0.294 e. The maximum atomic E-state index is 11.5. The topological polar surface area (TPSA) is 144 Å². The summed E-state index contributed by atoms with van der Waals surface area (Å²) >= 11 is 2.74. The molecule has 174 valence electrons. The molecule has 2 heterocycles. The number of hydrazine groups is 1. The van der Waals surface area contributed by atoms with Crippen LogP contribution in [0.15, 0.2) is 56.0 Å². The lowest BCUT2D eigenvalue weighted by Gasteiger charge is -2.38. The lowest BCUT2D eigenvalue weighted by molar-refractivity contribution is 0.239. The molecule has 0 spiro atoms. The second-order valence-electron chi connectivity index (χ2n) is 7.12. The van der Waals surface area contributed by atoms with E-state index in [1.807, 2.05) is 23.6 Å². The van der Waals surface area contributed by atoms with Crippen molar-refractivity contribution in [3.63, 3.8) is 0 Å². The van der Waals surface area contributed by atoms with E-state index in [-0.39, 0.29) is 20.8 Å². The number of anilines is 2. The molecule has 2 aliphatic heterocycles. The molecule has 2 aliphatic rings. The first-order chi connectivity index (χ1) is 15.0. The first kappa shape index (κ1) is 23.6. The summed E-state index contributed by atoms with van der Waals surface area (Å²) in [6, 6.07) is 8.87. The molecule has 10 nitrogen and oxygen atoms in total. The van der Waals surface area contributed by atoms with Crippen molar-refractivity contribution in [3.8, 4) is 0 Å². The molecule has 0 aromatic heterocycles. The molecular formula is C18H22N4O6S4. The van der Waals surface area contributed by atoms with Crippen molar-refractivity contribution in [1.29, 1.82) is 0 Å². The van der Waals surface area contributed by atoms with Gasteiger partial charge in [-0.25, -0.2) is 0 Å². The molecule has 4 N–H and O–H groups in total. The second kappa shape index (κ2) is 8.36. The summed E-state index contributed by atoms with van der Waals surface area (Å²) in [5.41, 5.74) is 0.882. The Balaban J connectivity index is 1.65. The molecular weight excluding hydrogens is 496 g/mol. The molecule has 2 atom stereocenters. The number of benzene rings is 2. The molecule has 0 aliphatic carbocycles. The monoisotopic (exact) mass is 518 g/mol. The fourth-order valence-corrected chi connectivity index (χ4v) is 7.72. The van der Waals surface area contributed by atoms with E-state index < -0.39 is 20.2 Å². The van der Waals surface area contributed by atoms with Gasteiger partial charge in [-0.1, -0.05) is 23.5 Å². The molecule has 4 rings (SSSR count). The molecule has 0 fully saturated rings. The highest BCUT2D eigenvalue weighted by Gasteiger charge is 2.41. The Kier molecular flexibility index (Phi) is 6.17. The summed E-state index contributed by atoms with van der Waals surface area (Å²) < 4.78 is 64.9. The van der Waals surface area contributed by atoms with Gasteiger partial charge < -0.3 is 9.80 Å². The van der Waals surface area contributed by atoms with Gasteiger partial charge >= 0.3 is 0 Å². The van der Waals surface area contributed by atoms with Crippen molar-refractivity contribution in [2.24, 2.45) is 5.84 Å². The second-order valence-corrected chi connectivity index (χ2v) is 12.2. The first-order valence-electron chi connectivity index (χ1n) is 9.58. The van der Waals surface area contributed by atoms with Crippen LogP contribution in [0.3, 0.4) is 0 Å². The van der Waals surface area contributed by atoms with Gasteiger partial charge in [-0.3, -0.25) is 14.9 Å². The van der Waals surface area contributed by atoms with Gasteiger partial charge in [0.25, 0.3) is 20.2 Å². The van der Waals surface area contributed by atoms with E-state index in [0.29, 0.717) is 22.9 Å². The van der Waals surface area contributed by atoms with Crippen LogP contribution in [0.2, 0.25) is 0 Å². The summed E-state index contributed by atoms with van der Waals surface area (Å²) in [5, 5.41) is 1.64. The molecule has 14 heteroatoms. The van der Waals surface area contributed by atoms with Crippen LogP contribution < -0.4 is 15.6 Å². The molecule has 0 saturated carbocycles. The molecule has 32 heavy (non-hydrogen) atoms. The third-order valence-electron chi connectivity index (χ3n) is 5.27. The smallest absolute Gasteiger partial charge is 0.294 e. The Morgan fingerprint density at radius 1 is 0.844 bits per heavy atom. The van der Waals surface area contributed by atoms with Crippen molar-refractivity contribution in [1.82, 2.24) is 5.01 Å². The van der Waals surface area contributed by atoms with Crippen LogP contribution in [0.4, 0.5) is 11.4 Å². The highest BCUT2D eigenvalue weighted by molar-refractivity contribution is 8.01. The van der Waals surface area contributed by atoms with Crippen LogP contribution in [-0.2, 0) is 20.2 Å². The zero-order valence-electron chi connectivity index (χ0n) is 17.1. The molecule has 2 unspecified atom stereocenters. The molecule has 0 bridgehead atoms. The zero-order chi connectivity index (χ0) is 23.4. The van der Waals surface area contributed by atoms with Gasteiger partial charge in [-0.2, -0.15) is 21.8 Å². The van der Waals surface area contributed by atoms with Gasteiger partial charge in [0.1, 0.15) is 0 Å². The molecule has 2 aromatic rings. The molecule has 0 saturated heterocycles. The van der Waals surface area contributed by atoms with Crippen molar-refractivity contribution in [3.05, 3.63) is 36.4 Å². The minimum Gasteiger partial charge on any atom is -0.345 e. The van der Waals surface area contributed by atoms with Crippen LogP contribution in [0, 0.1) is 0 Å². The maximum absolute atomic E-state index is 11.5. The van der Waals surface area contributed by atoms with E-state index in [1.54, 1.807) is 17.1 Å². The molecule has 0 radical (unpaired) electrons. The van der Waals surface area contributed by atoms with Gasteiger partial charge in [0, 0.05) is 22.9 Å². The van der Waals surface area contributed by atoms with E-state index in [1.165, 1.54) is 47.8 Å². The Hall–Kier alpha value is -1.52. The van der Waals surface area contributed by atoms with Gasteiger partial charge in [-0.05, 0) is 50.2 Å². The third kappa shape index (κ3) is 4.09. The SMILES string of the molecule is CCN1c2ccc(S(=O)(=O)O)cc2SC1N(N)C1Sc2cc(S(=O)(=O)O)ccc2N1CC. The minimum absolute atomic E-state index is 0.181. The minimum atomic E-state index is -4.33. The third-order valence-corrected chi connectivity index (χ3v) is 9.55. The Morgan fingerprint density at radius 3 is 1.53 bits per heavy atom. The van der Waals surface area contributed by atoms with E-state index in [0.717, 1.165) is 11.4 Å². The van der Waals surface area contributed by atoms with Gasteiger partial charge in [0.15, 0.2) is 11.0 Å². The number of hydrogen-bond acceptors (Lipinski definition) is 10. The fraction of sp³-hybridized carbons (Fsp3) is 0.333. The van der Waals surface area contributed by atoms with Crippen molar-refractivity contribution < 1.29 is 25.9 Å². The van der Waals surface area contributed by atoms with Crippen LogP contribution >= 0.6 is 23.5 Å². The highest BCUT2D eigenvalue weighted by atomic mass is 32.2. The summed E-state index contributed by atoms with van der Waals surface area (Å²) in [6.07, 6.45) is 0. The molecule has 2 aromatic carbocycles. The number of thioether (sulfide) groups is 2. The van der Waals surface area contributed by atoms with Gasteiger partial charge in [-0.15, -0.1) is 0 Å². The summed E-state index contributed by atoms with van der Waals surface area (Å²) in [7, 11) is -8.65. The van der Waals surface area contributed by atoms with Crippen molar-refractivity contribution >= 4 is 55.1 Å². The number of hydrogen-bond donors (Lipinski definition) is 3. The fourth-order valence-electron chi connectivity index (χ4n) is 3.77. The summed E-state index contributed by atoms with van der Waals surface area (Å²) in [6.45, 7) is 5.12. The molecule has 0 amide bonds. The van der Waals surface area contributed by atoms with Crippen LogP contribution in [0.5, 0.6) is 0 Å². The lowest BCUT2D eigenvalue weighted by atomic mass is 10.3. The average Bonchev–Trinajstić information content (AvgIpc) is 3.28. The summed E-state index contributed by atoms with van der Waals surface area (Å²) in [4.78, 5) is 5.04. The van der Waals surface area contributed by atoms with Gasteiger partial charge in [0.2, 0.25) is 0 Å².